The smallest absolute Gasteiger partial charge is 0.328 e. The van der Waals surface area contributed by atoms with Crippen LogP contribution in [-0.4, -0.2) is 68.0 Å². The van der Waals surface area contributed by atoms with E-state index in [1.807, 2.05) is 0 Å². The van der Waals surface area contributed by atoms with Gasteiger partial charge in [0.25, 0.3) is 0 Å². The topological polar surface area (TPSA) is 154 Å². The second-order valence-electron chi connectivity index (χ2n) is 7.86. The summed E-state index contributed by atoms with van der Waals surface area (Å²) in [6, 6.07) is 11.7. The van der Waals surface area contributed by atoms with Crippen LogP contribution >= 0.6 is 0 Å². The molecule has 1 saturated heterocycles. The van der Waals surface area contributed by atoms with E-state index in [0.29, 0.717) is 12.2 Å². The van der Waals surface area contributed by atoms with Gasteiger partial charge in [-0.15, -0.1) is 0 Å². The van der Waals surface area contributed by atoms with E-state index in [0.717, 1.165) is 9.87 Å². The lowest BCUT2D eigenvalue weighted by Gasteiger charge is -2.25. The Morgan fingerprint density at radius 2 is 1.77 bits per heavy atom. The van der Waals surface area contributed by atoms with Crippen LogP contribution in [0, 0.1) is 0 Å². The zero-order valence-corrected chi connectivity index (χ0v) is 20.0. The highest BCUT2D eigenvalue weighted by Gasteiger charge is 2.40. The molecule has 0 bridgehead atoms. The molecule has 1 aliphatic rings. The summed E-state index contributed by atoms with van der Waals surface area (Å²) < 4.78 is 32.3. The second-order valence-corrected chi connectivity index (χ2v) is 9.75. The number of nitrogens with one attached hydrogen (secondary N) is 3. The molecule has 3 amide bonds. The van der Waals surface area contributed by atoms with Crippen LogP contribution in [0.1, 0.15) is 18.4 Å². The quantitative estimate of drug-likeness (QED) is 0.375. The Balaban J connectivity index is 1.58. The molecular formula is C23H28N4O7S. The van der Waals surface area contributed by atoms with Crippen molar-refractivity contribution in [2.45, 2.75) is 36.4 Å². The number of amides is 3. The van der Waals surface area contributed by atoms with Gasteiger partial charge in [0, 0.05) is 18.7 Å². The standard InChI is InChI=1S/C23H28N4O7S/c1-34-20-12-6-5-8-16(20)14-24-23(31)25-15-18(22(29)30)26-21(28)19-11-7-13-27(19)35(32,33)17-9-3-2-4-10-17/h2-6,8-10,12,18-19H,7,11,13-15H2,1H3,(H,26,28)(H,29,30)(H2,24,25,31)/t18-,19?/m0/s1. The third-order valence-corrected chi connectivity index (χ3v) is 7.49. The predicted molar refractivity (Wildman–Crippen MR) is 126 cm³/mol. The van der Waals surface area contributed by atoms with E-state index in [2.05, 4.69) is 16.0 Å². The molecule has 0 radical (unpaired) electrons. The number of sulfonamides is 1. The third-order valence-electron chi connectivity index (χ3n) is 5.57. The number of carbonyl (C=O) groups excluding carboxylic acids is 2. The van der Waals surface area contributed by atoms with E-state index in [4.69, 9.17) is 4.74 Å². The molecule has 35 heavy (non-hydrogen) atoms. The van der Waals surface area contributed by atoms with Crippen molar-refractivity contribution in [1.82, 2.24) is 20.3 Å². The Kier molecular flexibility index (Phi) is 8.66. The van der Waals surface area contributed by atoms with Crippen LogP contribution in [0.25, 0.3) is 0 Å². The lowest BCUT2D eigenvalue weighted by molar-refractivity contribution is -0.142. The van der Waals surface area contributed by atoms with Crippen LogP contribution in [0.15, 0.2) is 59.5 Å². The summed E-state index contributed by atoms with van der Waals surface area (Å²) >= 11 is 0. The van der Waals surface area contributed by atoms with Gasteiger partial charge in [-0.1, -0.05) is 36.4 Å². The van der Waals surface area contributed by atoms with Gasteiger partial charge in [-0.25, -0.2) is 18.0 Å². The number of aliphatic carboxylic acids is 1. The van der Waals surface area contributed by atoms with Crippen LogP contribution in [0.3, 0.4) is 0 Å². The average molecular weight is 505 g/mol. The van der Waals surface area contributed by atoms with Crippen molar-refractivity contribution in [1.29, 1.82) is 0 Å². The van der Waals surface area contributed by atoms with E-state index >= 15 is 0 Å². The van der Waals surface area contributed by atoms with Gasteiger partial charge in [-0.05, 0) is 31.0 Å². The molecule has 0 aliphatic carbocycles. The predicted octanol–water partition coefficient (Wildman–Crippen LogP) is 0.917. The van der Waals surface area contributed by atoms with E-state index in [1.165, 1.54) is 19.2 Å². The number of carboxylic acids is 1. The molecule has 1 unspecified atom stereocenters. The maximum atomic E-state index is 13.0. The number of ether oxygens (including phenoxy) is 1. The number of urea groups is 1. The Bertz CT molecular complexity index is 1160. The van der Waals surface area contributed by atoms with Crippen LogP contribution in [-0.2, 0) is 26.2 Å². The summed E-state index contributed by atoms with van der Waals surface area (Å²) in [4.78, 5) is 36.8. The maximum Gasteiger partial charge on any atom is 0.328 e. The second kappa shape index (κ2) is 11.7. The molecule has 0 spiro atoms. The number of methoxy groups -OCH3 is 1. The average Bonchev–Trinajstić information content (AvgIpc) is 3.37. The maximum absolute atomic E-state index is 13.0. The summed E-state index contributed by atoms with van der Waals surface area (Å²) in [6.45, 7) is -0.0953. The van der Waals surface area contributed by atoms with Crippen molar-refractivity contribution >= 4 is 27.9 Å². The van der Waals surface area contributed by atoms with Crippen LogP contribution in [0.5, 0.6) is 5.75 Å². The van der Waals surface area contributed by atoms with Gasteiger partial charge < -0.3 is 25.8 Å². The van der Waals surface area contributed by atoms with Gasteiger partial charge in [0.2, 0.25) is 15.9 Å². The Labute approximate surface area is 203 Å². The highest BCUT2D eigenvalue weighted by Crippen LogP contribution is 2.26. The van der Waals surface area contributed by atoms with Crippen molar-refractivity contribution in [2.75, 3.05) is 20.2 Å². The third kappa shape index (κ3) is 6.49. The fraction of sp³-hybridized carbons (Fsp3) is 0.348. The van der Waals surface area contributed by atoms with Crippen molar-refractivity contribution in [3.05, 3.63) is 60.2 Å². The molecule has 188 valence electrons. The number of benzene rings is 2. The minimum absolute atomic E-state index is 0.0582. The summed E-state index contributed by atoms with van der Waals surface area (Å²) in [5.41, 5.74) is 0.731. The summed E-state index contributed by atoms with van der Waals surface area (Å²) in [6.07, 6.45) is 0.725. The number of rotatable bonds is 10. The molecule has 2 aromatic carbocycles. The molecule has 1 aliphatic heterocycles. The molecule has 11 nitrogen and oxygen atoms in total. The van der Waals surface area contributed by atoms with E-state index in [-0.39, 0.29) is 24.4 Å². The highest BCUT2D eigenvalue weighted by atomic mass is 32.2. The van der Waals surface area contributed by atoms with E-state index in [9.17, 15) is 27.9 Å². The molecule has 4 N–H and O–H groups in total. The molecule has 0 saturated carbocycles. The highest BCUT2D eigenvalue weighted by molar-refractivity contribution is 7.89. The molecule has 12 heteroatoms. The van der Waals surface area contributed by atoms with Crippen LogP contribution in [0.4, 0.5) is 4.79 Å². The molecule has 3 rings (SSSR count). The van der Waals surface area contributed by atoms with Crippen molar-refractivity contribution in [3.63, 3.8) is 0 Å². The molecular weight excluding hydrogens is 476 g/mol. The van der Waals surface area contributed by atoms with Crippen molar-refractivity contribution < 1.29 is 32.6 Å². The van der Waals surface area contributed by atoms with Gasteiger partial charge in [-0.2, -0.15) is 4.31 Å². The van der Waals surface area contributed by atoms with E-state index in [1.54, 1.807) is 42.5 Å². The SMILES string of the molecule is COc1ccccc1CNC(=O)NC[C@H](NC(=O)C1CCCN1S(=O)(=O)c1ccccc1)C(=O)O. The lowest BCUT2D eigenvalue weighted by atomic mass is 10.2. The number of carbonyl (C=O) groups is 3. The Morgan fingerprint density at radius 1 is 1.09 bits per heavy atom. The van der Waals surface area contributed by atoms with Gasteiger partial charge in [0.15, 0.2) is 0 Å². The normalized spacial score (nSPS) is 16.8. The molecule has 2 aromatic rings. The molecule has 2 atom stereocenters. The number of para-hydroxylation sites is 1. The first-order valence-electron chi connectivity index (χ1n) is 11.0. The zero-order valence-electron chi connectivity index (χ0n) is 19.1. The fourth-order valence-corrected chi connectivity index (χ4v) is 5.44. The van der Waals surface area contributed by atoms with Crippen molar-refractivity contribution in [3.8, 4) is 5.75 Å². The lowest BCUT2D eigenvalue weighted by Crippen LogP contribution is -2.54. The summed E-state index contributed by atoms with van der Waals surface area (Å²) in [5.74, 6) is -1.50. The Morgan fingerprint density at radius 3 is 2.46 bits per heavy atom. The molecule has 0 aromatic heterocycles. The monoisotopic (exact) mass is 504 g/mol. The molecule has 1 heterocycles. The summed E-state index contributed by atoms with van der Waals surface area (Å²) in [7, 11) is -2.41. The van der Waals surface area contributed by atoms with Gasteiger partial charge in [-0.3, -0.25) is 4.79 Å². The first-order chi connectivity index (χ1) is 16.7. The number of hydrogen-bond acceptors (Lipinski definition) is 6. The Hall–Kier alpha value is -3.64. The number of nitrogens with zero attached hydrogens (tertiary/aromatic N) is 1. The van der Waals surface area contributed by atoms with Crippen molar-refractivity contribution in [2.24, 2.45) is 0 Å². The first-order valence-corrected chi connectivity index (χ1v) is 12.4. The largest absolute Gasteiger partial charge is 0.496 e. The van der Waals surface area contributed by atoms with Gasteiger partial charge in [0.1, 0.15) is 17.8 Å². The minimum Gasteiger partial charge on any atom is -0.496 e. The minimum atomic E-state index is -3.92. The van der Waals surface area contributed by atoms with Crippen LogP contribution in [0.2, 0.25) is 0 Å². The first kappa shape index (κ1) is 26.0. The van der Waals surface area contributed by atoms with Crippen LogP contribution < -0.4 is 20.7 Å². The molecule has 1 fully saturated rings. The van der Waals surface area contributed by atoms with E-state index < -0.39 is 46.6 Å². The fourth-order valence-electron chi connectivity index (χ4n) is 3.77. The number of hydrogen-bond donors (Lipinski definition) is 4. The van der Waals surface area contributed by atoms with Gasteiger partial charge >= 0.3 is 12.0 Å². The zero-order chi connectivity index (χ0) is 25.4. The number of carboxylic acid groups (broad SMARTS) is 1. The summed E-state index contributed by atoms with van der Waals surface area (Å²) in [5, 5.41) is 16.9. The van der Waals surface area contributed by atoms with Gasteiger partial charge in [0.05, 0.1) is 18.6 Å².